The Bertz CT molecular complexity index is 329. The molecular formula is C13H20N2S. The van der Waals surface area contributed by atoms with Crippen LogP contribution in [-0.2, 0) is 19.4 Å². The summed E-state index contributed by atoms with van der Waals surface area (Å²) in [6.45, 7) is 5.92. The van der Waals surface area contributed by atoms with Crippen molar-refractivity contribution in [2.75, 3.05) is 26.2 Å². The van der Waals surface area contributed by atoms with Crippen molar-refractivity contribution < 1.29 is 0 Å². The molecule has 2 heterocycles. The van der Waals surface area contributed by atoms with Crippen molar-refractivity contribution in [2.45, 2.75) is 32.2 Å². The van der Waals surface area contributed by atoms with E-state index in [9.17, 15) is 0 Å². The molecule has 3 heteroatoms. The van der Waals surface area contributed by atoms with Crippen molar-refractivity contribution in [3.63, 3.8) is 0 Å². The quantitative estimate of drug-likeness (QED) is 0.845. The molecule has 0 amide bonds. The van der Waals surface area contributed by atoms with Gasteiger partial charge in [0, 0.05) is 42.5 Å². The van der Waals surface area contributed by atoms with E-state index in [1.165, 1.54) is 45.3 Å². The predicted octanol–water partition coefficient (Wildman–Crippen LogP) is 2.03. The van der Waals surface area contributed by atoms with E-state index in [1.54, 1.807) is 15.3 Å². The third-order valence-corrected chi connectivity index (χ3v) is 4.86. The van der Waals surface area contributed by atoms with E-state index in [-0.39, 0.29) is 0 Å². The summed E-state index contributed by atoms with van der Waals surface area (Å²) in [5.41, 5.74) is 1.65. The second-order valence-electron chi connectivity index (χ2n) is 4.89. The maximum absolute atomic E-state index is 3.41. The van der Waals surface area contributed by atoms with Gasteiger partial charge in [0.25, 0.3) is 0 Å². The van der Waals surface area contributed by atoms with Gasteiger partial charge in [-0.15, -0.1) is 11.3 Å². The first kappa shape index (κ1) is 10.8. The third kappa shape index (κ3) is 2.31. The topological polar surface area (TPSA) is 15.3 Å². The van der Waals surface area contributed by atoms with Gasteiger partial charge in [-0.1, -0.05) is 0 Å². The van der Waals surface area contributed by atoms with Gasteiger partial charge < -0.3 is 5.32 Å². The molecule has 1 aromatic rings. The Balaban J connectivity index is 1.67. The lowest BCUT2D eigenvalue weighted by Gasteiger charge is -2.26. The molecule has 16 heavy (non-hydrogen) atoms. The Hall–Kier alpha value is -0.380. The minimum absolute atomic E-state index is 1.16. The van der Waals surface area contributed by atoms with E-state index in [1.807, 2.05) is 0 Å². The van der Waals surface area contributed by atoms with E-state index in [2.05, 4.69) is 27.6 Å². The highest BCUT2D eigenvalue weighted by atomic mass is 32.1. The summed E-state index contributed by atoms with van der Waals surface area (Å²) in [4.78, 5) is 5.85. The molecule has 1 aliphatic heterocycles. The van der Waals surface area contributed by atoms with E-state index in [0.717, 1.165) is 13.1 Å². The summed E-state index contributed by atoms with van der Waals surface area (Å²) in [6.07, 6.45) is 5.46. The molecule has 0 spiro atoms. The van der Waals surface area contributed by atoms with E-state index < -0.39 is 0 Å². The molecule has 0 bridgehead atoms. The van der Waals surface area contributed by atoms with Crippen LogP contribution in [0.4, 0.5) is 0 Å². The van der Waals surface area contributed by atoms with Crippen LogP contribution in [0.3, 0.4) is 0 Å². The molecule has 1 N–H and O–H groups in total. The van der Waals surface area contributed by atoms with E-state index >= 15 is 0 Å². The molecule has 1 saturated heterocycles. The zero-order valence-electron chi connectivity index (χ0n) is 9.80. The molecule has 0 unspecified atom stereocenters. The molecule has 1 aromatic heterocycles. The molecule has 0 atom stereocenters. The van der Waals surface area contributed by atoms with Crippen molar-refractivity contribution in [2.24, 2.45) is 0 Å². The molecule has 3 rings (SSSR count). The molecule has 0 saturated carbocycles. The van der Waals surface area contributed by atoms with Crippen LogP contribution >= 0.6 is 11.3 Å². The van der Waals surface area contributed by atoms with Crippen molar-refractivity contribution >= 4 is 11.3 Å². The number of hydrogen-bond acceptors (Lipinski definition) is 3. The predicted molar refractivity (Wildman–Crippen MR) is 69.1 cm³/mol. The lowest BCUT2D eigenvalue weighted by Crippen LogP contribution is -2.42. The van der Waals surface area contributed by atoms with Gasteiger partial charge in [0.2, 0.25) is 0 Å². The van der Waals surface area contributed by atoms with Crippen LogP contribution in [0.15, 0.2) is 6.07 Å². The standard InChI is InChI=1S/C13H20N2S/c1-2-4-13-11(3-1)9-12(16-13)10-15-7-5-14-6-8-15/h9,14H,1-8,10H2. The molecule has 1 aliphatic carbocycles. The molecule has 88 valence electrons. The largest absolute Gasteiger partial charge is 0.314 e. The van der Waals surface area contributed by atoms with Crippen LogP contribution < -0.4 is 5.32 Å². The highest BCUT2D eigenvalue weighted by molar-refractivity contribution is 7.12. The van der Waals surface area contributed by atoms with Crippen LogP contribution in [0.2, 0.25) is 0 Å². The zero-order chi connectivity index (χ0) is 10.8. The summed E-state index contributed by atoms with van der Waals surface area (Å²) in [7, 11) is 0. The average molecular weight is 236 g/mol. The molecule has 0 radical (unpaired) electrons. The highest BCUT2D eigenvalue weighted by Crippen LogP contribution is 2.30. The smallest absolute Gasteiger partial charge is 0.0329 e. The van der Waals surface area contributed by atoms with Crippen molar-refractivity contribution in [1.29, 1.82) is 0 Å². The first-order valence-electron chi connectivity index (χ1n) is 6.45. The Morgan fingerprint density at radius 3 is 2.81 bits per heavy atom. The lowest BCUT2D eigenvalue weighted by molar-refractivity contribution is 0.235. The fourth-order valence-electron chi connectivity index (χ4n) is 2.72. The number of hydrogen-bond donors (Lipinski definition) is 1. The number of fused-ring (bicyclic) bond motifs is 1. The fourth-order valence-corrected chi connectivity index (χ4v) is 4.02. The van der Waals surface area contributed by atoms with E-state index in [0.29, 0.717) is 0 Å². The maximum Gasteiger partial charge on any atom is 0.0329 e. The SMILES string of the molecule is c1c(CN2CCNCC2)sc2c1CCCC2. The van der Waals surface area contributed by atoms with Crippen LogP contribution in [-0.4, -0.2) is 31.1 Å². The summed E-state index contributed by atoms with van der Waals surface area (Å²) < 4.78 is 0. The number of aryl methyl sites for hydroxylation is 2. The molecule has 2 aliphatic rings. The normalized spacial score (nSPS) is 22.0. The summed E-state index contributed by atoms with van der Waals surface area (Å²) >= 11 is 2.07. The summed E-state index contributed by atoms with van der Waals surface area (Å²) in [5.74, 6) is 0. The van der Waals surface area contributed by atoms with Gasteiger partial charge in [-0.25, -0.2) is 0 Å². The maximum atomic E-state index is 3.41. The monoisotopic (exact) mass is 236 g/mol. The number of rotatable bonds is 2. The molecule has 2 nitrogen and oxygen atoms in total. The van der Waals surface area contributed by atoms with Crippen LogP contribution in [0.5, 0.6) is 0 Å². The van der Waals surface area contributed by atoms with Gasteiger partial charge in [0.15, 0.2) is 0 Å². The van der Waals surface area contributed by atoms with Crippen LogP contribution in [0.25, 0.3) is 0 Å². The van der Waals surface area contributed by atoms with Crippen molar-refractivity contribution in [1.82, 2.24) is 10.2 Å². The Morgan fingerprint density at radius 2 is 2.00 bits per heavy atom. The molecular weight excluding hydrogens is 216 g/mol. The molecule has 1 fully saturated rings. The van der Waals surface area contributed by atoms with Gasteiger partial charge in [0.05, 0.1) is 0 Å². The van der Waals surface area contributed by atoms with Gasteiger partial charge in [-0.3, -0.25) is 4.90 Å². The Kier molecular flexibility index (Phi) is 3.27. The number of nitrogens with one attached hydrogen (secondary N) is 1. The third-order valence-electron chi connectivity index (χ3n) is 3.64. The van der Waals surface area contributed by atoms with Gasteiger partial charge >= 0.3 is 0 Å². The van der Waals surface area contributed by atoms with Gasteiger partial charge in [-0.05, 0) is 37.3 Å². The van der Waals surface area contributed by atoms with Gasteiger partial charge in [0.1, 0.15) is 0 Å². The minimum atomic E-state index is 1.16. The second-order valence-corrected chi connectivity index (χ2v) is 6.12. The van der Waals surface area contributed by atoms with Crippen LogP contribution in [0, 0.1) is 0 Å². The first-order chi connectivity index (χ1) is 7.92. The number of piperazine rings is 1. The first-order valence-corrected chi connectivity index (χ1v) is 7.27. The second kappa shape index (κ2) is 4.86. The van der Waals surface area contributed by atoms with Crippen molar-refractivity contribution in [3.05, 3.63) is 21.4 Å². The molecule has 0 aromatic carbocycles. The van der Waals surface area contributed by atoms with Gasteiger partial charge in [-0.2, -0.15) is 0 Å². The summed E-state index contributed by atoms with van der Waals surface area (Å²) in [6, 6.07) is 2.47. The lowest BCUT2D eigenvalue weighted by atomic mass is 9.99. The van der Waals surface area contributed by atoms with E-state index in [4.69, 9.17) is 0 Å². The average Bonchev–Trinajstić information content (AvgIpc) is 2.72. The summed E-state index contributed by atoms with van der Waals surface area (Å²) in [5, 5.41) is 3.41. The van der Waals surface area contributed by atoms with Crippen molar-refractivity contribution in [3.8, 4) is 0 Å². The Labute approximate surface area is 102 Å². The fraction of sp³-hybridized carbons (Fsp3) is 0.692. The minimum Gasteiger partial charge on any atom is -0.314 e. The Morgan fingerprint density at radius 1 is 1.19 bits per heavy atom. The number of nitrogens with zero attached hydrogens (tertiary/aromatic N) is 1. The highest BCUT2D eigenvalue weighted by Gasteiger charge is 2.16. The zero-order valence-corrected chi connectivity index (χ0v) is 10.6. The van der Waals surface area contributed by atoms with Crippen LogP contribution in [0.1, 0.15) is 28.2 Å². The number of thiophene rings is 1.